The van der Waals surface area contributed by atoms with Gasteiger partial charge in [-0.3, -0.25) is 4.79 Å². The third-order valence-electron chi connectivity index (χ3n) is 4.54. The lowest BCUT2D eigenvalue weighted by molar-refractivity contribution is -0.165. The van der Waals surface area contributed by atoms with Crippen LogP contribution in [0, 0.1) is 11.6 Å². The van der Waals surface area contributed by atoms with Gasteiger partial charge in [0, 0.05) is 24.5 Å². The lowest BCUT2D eigenvalue weighted by atomic mass is 9.94. The van der Waals surface area contributed by atoms with Crippen molar-refractivity contribution in [1.82, 2.24) is 5.32 Å². The third kappa shape index (κ3) is 5.09. The fourth-order valence-electron chi connectivity index (χ4n) is 3.13. The minimum atomic E-state index is -1.33. The quantitative estimate of drug-likeness (QED) is 0.771. The molecule has 1 fully saturated rings. The van der Waals surface area contributed by atoms with Gasteiger partial charge in [0.2, 0.25) is 5.60 Å². The van der Waals surface area contributed by atoms with Gasteiger partial charge in [0.25, 0.3) is 5.91 Å². The maximum atomic E-state index is 13.4. The van der Waals surface area contributed by atoms with Gasteiger partial charge < -0.3 is 19.6 Å². The first-order valence-electron chi connectivity index (χ1n) is 9.32. The Kier molecular flexibility index (Phi) is 5.62. The lowest BCUT2D eigenvalue weighted by Crippen LogP contribution is -2.49. The van der Waals surface area contributed by atoms with Crippen molar-refractivity contribution < 1.29 is 32.7 Å². The number of carbonyl (C=O) groups excluding carboxylic acids is 2. The molecule has 1 amide bonds. The van der Waals surface area contributed by atoms with E-state index in [1.54, 1.807) is 20.8 Å². The number of ether oxygens (including phenoxy) is 2. The van der Waals surface area contributed by atoms with Crippen LogP contribution in [0.5, 0.6) is 0 Å². The number of hydrogen-bond acceptors (Lipinski definition) is 6. The predicted molar refractivity (Wildman–Crippen MR) is 99.1 cm³/mol. The van der Waals surface area contributed by atoms with E-state index in [-0.39, 0.29) is 30.7 Å². The number of halogens is 2. The molecule has 3 rings (SSSR count). The second kappa shape index (κ2) is 7.70. The molecule has 1 N–H and O–H groups in total. The number of hydrogen-bond donors (Lipinski definition) is 1. The molecule has 1 aromatic rings. The summed E-state index contributed by atoms with van der Waals surface area (Å²) in [7, 11) is 0. The summed E-state index contributed by atoms with van der Waals surface area (Å²) in [5.74, 6) is -2.41. The van der Waals surface area contributed by atoms with E-state index in [9.17, 15) is 18.4 Å². The molecule has 0 bridgehead atoms. The van der Waals surface area contributed by atoms with Crippen molar-refractivity contribution in [3.05, 3.63) is 35.4 Å². The SMILES string of the molecule is CC(C)(C)OC(=O)[C@H]1C[C@@H](NC(=O)[C@@]2(C)CC(c3cc(F)cc(F)c3)=NO2)CO1. The molecule has 7 nitrogen and oxygen atoms in total. The van der Waals surface area contributed by atoms with Crippen LogP contribution in [0.15, 0.2) is 23.4 Å². The van der Waals surface area contributed by atoms with Crippen LogP contribution < -0.4 is 5.32 Å². The average molecular weight is 410 g/mol. The van der Waals surface area contributed by atoms with E-state index < -0.39 is 46.9 Å². The summed E-state index contributed by atoms with van der Waals surface area (Å²) >= 11 is 0. The smallest absolute Gasteiger partial charge is 0.335 e. The van der Waals surface area contributed by atoms with E-state index in [4.69, 9.17) is 14.3 Å². The summed E-state index contributed by atoms with van der Waals surface area (Å²) in [6, 6.07) is 2.62. The largest absolute Gasteiger partial charge is 0.458 e. The summed E-state index contributed by atoms with van der Waals surface area (Å²) in [5, 5.41) is 6.62. The monoisotopic (exact) mass is 410 g/mol. The molecule has 0 unspecified atom stereocenters. The maximum absolute atomic E-state index is 13.4. The second-order valence-electron chi connectivity index (χ2n) is 8.46. The van der Waals surface area contributed by atoms with E-state index in [1.165, 1.54) is 6.92 Å². The molecule has 158 valence electrons. The minimum Gasteiger partial charge on any atom is -0.458 e. The van der Waals surface area contributed by atoms with Gasteiger partial charge in [-0.2, -0.15) is 0 Å². The van der Waals surface area contributed by atoms with E-state index in [2.05, 4.69) is 10.5 Å². The number of esters is 1. The molecule has 2 aliphatic rings. The average Bonchev–Trinajstić information content (AvgIpc) is 3.20. The summed E-state index contributed by atoms with van der Waals surface area (Å²) < 4.78 is 37.6. The highest BCUT2D eigenvalue weighted by Crippen LogP contribution is 2.28. The Morgan fingerprint density at radius 1 is 1.24 bits per heavy atom. The van der Waals surface area contributed by atoms with Gasteiger partial charge in [0.1, 0.15) is 17.2 Å². The number of carbonyl (C=O) groups is 2. The van der Waals surface area contributed by atoms with Gasteiger partial charge in [-0.1, -0.05) is 5.16 Å². The van der Waals surface area contributed by atoms with Crippen LogP contribution >= 0.6 is 0 Å². The van der Waals surface area contributed by atoms with E-state index in [1.807, 2.05) is 0 Å². The Morgan fingerprint density at radius 3 is 2.52 bits per heavy atom. The summed E-state index contributed by atoms with van der Waals surface area (Å²) in [4.78, 5) is 30.1. The molecule has 0 saturated carbocycles. The van der Waals surface area contributed by atoms with Gasteiger partial charge in [0.05, 0.1) is 18.4 Å². The van der Waals surface area contributed by atoms with Crippen molar-refractivity contribution in [2.45, 2.75) is 63.9 Å². The molecular weight excluding hydrogens is 386 g/mol. The van der Waals surface area contributed by atoms with E-state index in [0.717, 1.165) is 18.2 Å². The van der Waals surface area contributed by atoms with Crippen molar-refractivity contribution in [3.8, 4) is 0 Å². The van der Waals surface area contributed by atoms with Gasteiger partial charge in [-0.15, -0.1) is 0 Å². The van der Waals surface area contributed by atoms with Crippen molar-refractivity contribution in [2.75, 3.05) is 6.61 Å². The van der Waals surface area contributed by atoms with E-state index >= 15 is 0 Å². The number of amides is 1. The number of rotatable bonds is 4. The molecular formula is C20H24F2N2O5. The Hall–Kier alpha value is -2.55. The Labute approximate surface area is 167 Å². The fraction of sp³-hybridized carbons (Fsp3) is 0.550. The molecule has 1 saturated heterocycles. The zero-order chi connectivity index (χ0) is 21.4. The van der Waals surface area contributed by atoms with Crippen molar-refractivity contribution >= 4 is 17.6 Å². The molecule has 1 aromatic carbocycles. The van der Waals surface area contributed by atoms with E-state index in [0.29, 0.717) is 0 Å². The fourth-order valence-corrected chi connectivity index (χ4v) is 3.13. The summed E-state index contributed by atoms with van der Waals surface area (Å²) in [6.07, 6.45) is -0.427. The first-order chi connectivity index (χ1) is 13.4. The zero-order valence-corrected chi connectivity index (χ0v) is 16.8. The summed E-state index contributed by atoms with van der Waals surface area (Å²) in [6.45, 7) is 6.99. The van der Waals surface area contributed by atoms with Crippen LogP contribution in [0.2, 0.25) is 0 Å². The first kappa shape index (κ1) is 21.2. The van der Waals surface area contributed by atoms with Crippen LogP contribution in [0.3, 0.4) is 0 Å². The minimum absolute atomic E-state index is 0.0464. The first-order valence-corrected chi connectivity index (χ1v) is 9.32. The molecule has 2 aliphatic heterocycles. The predicted octanol–water partition coefficient (Wildman–Crippen LogP) is 2.46. The topological polar surface area (TPSA) is 86.2 Å². The molecule has 0 radical (unpaired) electrons. The van der Waals surface area contributed by atoms with Crippen LogP contribution in [-0.2, 0) is 23.9 Å². The molecule has 2 heterocycles. The number of nitrogens with one attached hydrogen (secondary N) is 1. The second-order valence-corrected chi connectivity index (χ2v) is 8.46. The third-order valence-corrected chi connectivity index (χ3v) is 4.54. The number of benzene rings is 1. The highest BCUT2D eigenvalue weighted by molar-refractivity contribution is 6.05. The Balaban J connectivity index is 1.57. The molecule has 0 spiro atoms. The molecule has 3 atom stereocenters. The molecule has 29 heavy (non-hydrogen) atoms. The molecule has 0 aromatic heterocycles. The van der Waals surface area contributed by atoms with Gasteiger partial charge in [0.15, 0.2) is 6.10 Å². The standard InChI is InChI=1S/C20H24F2N2O5/c1-19(2,3)28-17(25)16-8-14(10-27-16)23-18(26)20(4)9-15(24-29-20)11-5-12(21)7-13(22)6-11/h5-7,14,16H,8-10H2,1-4H3,(H,23,26)/t14-,16-,20-/m1/s1. The van der Waals surface area contributed by atoms with Crippen molar-refractivity contribution in [2.24, 2.45) is 5.16 Å². The lowest BCUT2D eigenvalue weighted by Gasteiger charge is -2.23. The highest BCUT2D eigenvalue weighted by atomic mass is 19.1. The van der Waals surface area contributed by atoms with Crippen LogP contribution in [-0.4, -0.2) is 47.5 Å². The van der Waals surface area contributed by atoms with Gasteiger partial charge in [-0.05, 0) is 39.8 Å². The Bertz CT molecular complexity index is 832. The van der Waals surface area contributed by atoms with Crippen molar-refractivity contribution in [3.63, 3.8) is 0 Å². The zero-order valence-electron chi connectivity index (χ0n) is 16.8. The van der Waals surface area contributed by atoms with Crippen molar-refractivity contribution in [1.29, 1.82) is 0 Å². The van der Waals surface area contributed by atoms with Crippen LogP contribution in [0.4, 0.5) is 8.78 Å². The van der Waals surface area contributed by atoms with Crippen LogP contribution in [0.25, 0.3) is 0 Å². The highest BCUT2D eigenvalue weighted by Gasteiger charge is 2.44. The normalized spacial score (nSPS) is 26.6. The maximum Gasteiger partial charge on any atom is 0.335 e. The van der Waals surface area contributed by atoms with Gasteiger partial charge in [-0.25, -0.2) is 13.6 Å². The van der Waals surface area contributed by atoms with Gasteiger partial charge >= 0.3 is 5.97 Å². The number of oxime groups is 1. The summed E-state index contributed by atoms with van der Waals surface area (Å²) in [5.41, 5.74) is -1.47. The Morgan fingerprint density at radius 2 is 1.90 bits per heavy atom. The molecule has 9 heteroatoms. The van der Waals surface area contributed by atoms with Crippen LogP contribution in [0.1, 0.15) is 46.1 Å². The number of nitrogens with zero attached hydrogens (tertiary/aromatic N) is 1. The molecule has 0 aliphatic carbocycles.